The van der Waals surface area contributed by atoms with E-state index in [9.17, 15) is 13.2 Å². The Morgan fingerprint density at radius 3 is 2.45 bits per heavy atom. The highest BCUT2D eigenvalue weighted by atomic mass is 32.2. The number of benzene rings is 1. The maximum Gasteiger partial charge on any atom is 0.315 e. The van der Waals surface area contributed by atoms with Crippen molar-refractivity contribution in [3.8, 4) is 0 Å². The molecule has 1 unspecified atom stereocenters. The SMILES string of the molecule is Cc1ccc(C)c(S(=O)(=O)NCCNC(=O)NC(c2ncccc2C)C(C)C)c1. The van der Waals surface area contributed by atoms with E-state index in [0.29, 0.717) is 5.56 Å². The summed E-state index contributed by atoms with van der Waals surface area (Å²) < 4.78 is 27.5. The van der Waals surface area contributed by atoms with E-state index in [1.165, 1.54) is 0 Å². The molecule has 2 amide bonds. The van der Waals surface area contributed by atoms with Gasteiger partial charge in [0.1, 0.15) is 0 Å². The summed E-state index contributed by atoms with van der Waals surface area (Å²) in [5, 5.41) is 5.63. The predicted octanol–water partition coefficient (Wildman–Crippen LogP) is 2.98. The molecule has 2 rings (SSSR count). The van der Waals surface area contributed by atoms with Gasteiger partial charge < -0.3 is 10.6 Å². The third-order valence-electron chi connectivity index (χ3n) is 4.63. The zero-order valence-corrected chi connectivity index (χ0v) is 18.4. The number of hydrogen-bond donors (Lipinski definition) is 3. The lowest BCUT2D eigenvalue weighted by atomic mass is 9.97. The number of amides is 2. The molecule has 0 spiro atoms. The van der Waals surface area contributed by atoms with Crippen LogP contribution in [0.15, 0.2) is 41.4 Å². The number of rotatable bonds is 8. The van der Waals surface area contributed by atoms with Crippen LogP contribution in [0.3, 0.4) is 0 Å². The zero-order valence-electron chi connectivity index (χ0n) is 17.6. The molecule has 0 fully saturated rings. The van der Waals surface area contributed by atoms with Crippen LogP contribution in [0.25, 0.3) is 0 Å². The molecule has 1 aromatic carbocycles. The summed E-state index contributed by atoms with van der Waals surface area (Å²) in [7, 11) is -3.63. The Bertz CT molecular complexity index is 958. The molecule has 1 aromatic heterocycles. The van der Waals surface area contributed by atoms with Crippen LogP contribution < -0.4 is 15.4 Å². The maximum absolute atomic E-state index is 12.5. The first-order chi connectivity index (χ1) is 13.6. The van der Waals surface area contributed by atoms with E-state index in [1.807, 2.05) is 45.9 Å². The van der Waals surface area contributed by atoms with Gasteiger partial charge in [0.2, 0.25) is 10.0 Å². The molecule has 0 saturated heterocycles. The molecule has 0 aliphatic rings. The molecule has 0 aliphatic carbocycles. The van der Waals surface area contributed by atoms with Gasteiger partial charge in [-0.1, -0.05) is 32.0 Å². The van der Waals surface area contributed by atoms with Crippen LogP contribution in [-0.4, -0.2) is 32.5 Å². The zero-order chi connectivity index (χ0) is 21.6. The minimum absolute atomic E-state index is 0.0953. The molecule has 2 aromatic rings. The average molecular weight is 419 g/mol. The van der Waals surface area contributed by atoms with Crippen molar-refractivity contribution in [3.05, 3.63) is 58.9 Å². The highest BCUT2D eigenvalue weighted by Crippen LogP contribution is 2.22. The maximum atomic E-state index is 12.5. The number of hydrogen-bond acceptors (Lipinski definition) is 4. The fraction of sp³-hybridized carbons (Fsp3) is 0.429. The van der Waals surface area contributed by atoms with E-state index in [4.69, 9.17) is 0 Å². The van der Waals surface area contributed by atoms with Crippen LogP contribution in [0, 0.1) is 26.7 Å². The highest BCUT2D eigenvalue weighted by Gasteiger charge is 2.21. The van der Waals surface area contributed by atoms with Crippen molar-refractivity contribution in [1.29, 1.82) is 0 Å². The number of nitrogens with one attached hydrogen (secondary N) is 3. The molecule has 0 bridgehead atoms. The highest BCUT2D eigenvalue weighted by molar-refractivity contribution is 7.89. The number of carbonyl (C=O) groups excluding carboxylic acids is 1. The minimum Gasteiger partial charge on any atom is -0.337 e. The summed E-state index contributed by atoms with van der Waals surface area (Å²) >= 11 is 0. The first-order valence-corrected chi connectivity index (χ1v) is 11.1. The number of pyridine rings is 1. The Kier molecular flexibility index (Phi) is 7.75. The lowest BCUT2D eigenvalue weighted by molar-refractivity contribution is 0.232. The summed E-state index contributed by atoms with van der Waals surface area (Å²) in [5.41, 5.74) is 3.39. The van der Waals surface area contributed by atoms with Crippen LogP contribution in [0.5, 0.6) is 0 Å². The monoisotopic (exact) mass is 418 g/mol. The second-order valence-corrected chi connectivity index (χ2v) is 9.23. The van der Waals surface area contributed by atoms with Crippen molar-refractivity contribution >= 4 is 16.1 Å². The molecule has 0 aliphatic heterocycles. The normalized spacial score (nSPS) is 12.6. The average Bonchev–Trinajstić information content (AvgIpc) is 2.65. The molecule has 1 heterocycles. The molecule has 8 heteroatoms. The van der Waals surface area contributed by atoms with Gasteiger partial charge in [-0.05, 0) is 55.5 Å². The van der Waals surface area contributed by atoms with Crippen molar-refractivity contribution in [2.75, 3.05) is 13.1 Å². The Morgan fingerprint density at radius 1 is 1.07 bits per heavy atom. The lowest BCUT2D eigenvalue weighted by Gasteiger charge is -2.23. The molecule has 158 valence electrons. The number of aryl methyl sites for hydroxylation is 3. The van der Waals surface area contributed by atoms with Crippen molar-refractivity contribution in [3.63, 3.8) is 0 Å². The van der Waals surface area contributed by atoms with Crippen molar-refractivity contribution < 1.29 is 13.2 Å². The van der Waals surface area contributed by atoms with Gasteiger partial charge in [0.25, 0.3) is 0 Å². The van der Waals surface area contributed by atoms with Gasteiger partial charge in [0, 0.05) is 19.3 Å². The van der Waals surface area contributed by atoms with E-state index in [0.717, 1.165) is 16.8 Å². The summed E-state index contributed by atoms with van der Waals surface area (Å²) in [6.45, 7) is 9.85. The van der Waals surface area contributed by atoms with Crippen LogP contribution in [0.2, 0.25) is 0 Å². The first-order valence-electron chi connectivity index (χ1n) is 9.64. The van der Waals surface area contributed by atoms with E-state index in [1.54, 1.807) is 25.3 Å². The van der Waals surface area contributed by atoms with Crippen molar-refractivity contribution in [2.45, 2.75) is 45.6 Å². The van der Waals surface area contributed by atoms with Gasteiger partial charge in [0.05, 0.1) is 16.6 Å². The van der Waals surface area contributed by atoms with Gasteiger partial charge >= 0.3 is 6.03 Å². The Hall–Kier alpha value is -2.45. The molecule has 1 atom stereocenters. The second kappa shape index (κ2) is 9.84. The summed E-state index contributed by atoms with van der Waals surface area (Å²) in [6, 6.07) is 8.51. The van der Waals surface area contributed by atoms with Gasteiger partial charge in [-0.3, -0.25) is 4.98 Å². The van der Waals surface area contributed by atoms with E-state index in [-0.39, 0.29) is 36.0 Å². The molecule has 3 N–H and O–H groups in total. The molecule has 0 radical (unpaired) electrons. The number of urea groups is 1. The first kappa shape index (κ1) is 22.8. The Labute approximate surface area is 173 Å². The standard InChI is InChI=1S/C21H30N4O3S/c1-14(2)19(20-17(5)7-6-10-22-20)25-21(26)23-11-12-24-29(27,28)18-13-15(3)8-9-16(18)4/h6-10,13-14,19,24H,11-12H2,1-5H3,(H2,23,25,26). The Balaban J connectivity index is 1.90. The third-order valence-corrected chi connectivity index (χ3v) is 6.24. The fourth-order valence-electron chi connectivity index (χ4n) is 3.00. The number of carbonyl (C=O) groups is 1. The van der Waals surface area contributed by atoms with Gasteiger partial charge in [-0.25, -0.2) is 17.9 Å². The quantitative estimate of drug-likeness (QED) is 0.574. The van der Waals surface area contributed by atoms with Gasteiger partial charge in [-0.2, -0.15) is 0 Å². The van der Waals surface area contributed by atoms with Crippen LogP contribution >= 0.6 is 0 Å². The van der Waals surface area contributed by atoms with Gasteiger partial charge in [0.15, 0.2) is 0 Å². The van der Waals surface area contributed by atoms with Gasteiger partial charge in [-0.15, -0.1) is 0 Å². The topological polar surface area (TPSA) is 100 Å². The Morgan fingerprint density at radius 2 is 1.79 bits per heavy atom. The van der Waals surface area contributed by atoms with E-state index >= 15 is 0 Å². The molecular formula is C21H30N4O3S. The third kappa shape index (κ3) is 6.27. The van der Waals surface area contributed by atoms with E-state index < -0.39 is 10.0 Å². The van der Waals surface area contributed by atoms with Crippen molar-refractivity contribution in [2.24, 2.45) is 5.92 Å². The molecule has 0 saturated carbocycles. The number of nitrogens with zero attached hydrogens (tertiary/aromatic N) is 1. The second-order valence-electron chi connectivity index (χ2n) is 7.49. The molecule has 29 heavy (non-hydrogen) atoms. The van der Waals surface area contributed by atoms with Crippen LogP contribution in [0.1, 0.15) is 42.3 Å². The van der Waals surface area contributed by atoms with E-state index in [2.05, 4.69) is 20.3 Å². The largest absolute Gasteiger partial charge is 0.337 e. The summed E-state index contributed by atoms with van der Waals surface area (Å²) in [5.74, 6) is 0.150. The predicted molar refractivity (Wildman–Crippen MR) is 114 cm³/mol. The molecular weight excluding hydrogens is 388 g/mol. The van der Waals surface area contributed by atoms with Crippen molar-refractivity contribution in [1.82, 2.24) is 20.3 Å². The minimum atomic E-state index is -3.63. The molecule has 7 nitrogen and oxygen atoms in total. The summed E-state index contributed by atoms with van der Waals surface area (Å²) in [6.07, 6.45) is 1.71. The lowest BCUT2D eigenvalue weighted by Crippen LogP contribution is -2.43. The summed E-state index contributed by atoms with van der Waals surface area (Å²) in [4.78, 5) is 17.0. The number of sulfonamides is 1. The van der Waals surface area contributed by atoms with Crippen LogP contribution in [0.4, 0.5) is 4.79 Å². The van der Waals surface area contributed by atoms with Crippen LogP contribution in [-0.2, 0) is 10.0 Å². The number of aromatic nitrogens is 1. The smallest absolute Gasteiger partial charge is 0.315 e. The fourth-order valence-corrected chi connectivity index (χ4v) is 4.36.